The number of hydrogen-bond acceptors (Lipinski definition) is 6. The van der Waals surface area contributed by atoms with Crippen LogP contribution in [0.1, 0.15) is 51.3 Å². The molecular weight excluding hydrogens is 434 g/mol. The van der Waals surface area contributed by atoms with Crippen LogP contribution in [-0.2, 0) is 14.3 Å². The molecule has 1 aliphatic rings. The molecule has 3 rings (SSSR count). The van der Waals surface area contributed by atoms with E-state index in [0.717, 1.165) is 6.42 Å². The fraction of sp³-hybridized carbons (Fsp3) is 0.407. The molecule has 0 aromatic heterocycles. The summed E-state index contributed by atoms with van der Waals surface area (Å²) in [4.78, 5) is 27.6. The maximum atomic E-state index is 13.1. The number of aliphatic hydroxyl groups excluding tert-OH is 1. The van der Waals surface area contributed by atoms with Crippen molar-refractivity contribution in [1.29, 1.82) is 0 Å². The second-order valence-corrected chi connectivity index (χ2v) is 8.29. The van der Waals surface area contributed by atoms with Crippen LogP contribution in [0.4, 0.5) is 0 Å². The third-order valence-electron chi connectivity index (χ3n) is 5.41. The van der Waals surface area contributed by atoms with E-state index < -0.39 is 17.7 Å². The van der Waals surface area contributed by atoms with Crippen LogP contribution >= 0.6 is 0 Å². The highest BCUT2D eigenvalue weighted by atomic mass is 16.5. The van der Waals surface area contributed by atoms with E-state index in [4.69, 9.17) is 14.2 Å². The molecule has 2 aromatic carbocycles. The van der Waals surface area contributed by atoms with E-state index >= 15 is 0 Å². The van der Waals surface area contributed by atoms with Crippen molar-refractivity contribution in [3.63, 3.8) is 0 Å². The van der Waals surface area contributed by atoms with E-state index in [0.29, 0.717) is 35.8 Å². The molecule has 0 spiro atoms. The lowest BCUT2D eigenvalue weighted by atomic mass is 9.95. The van der Waals surface area contributed by atoms with Gasteiger partial charge in [-0.1, -0.05) is 31.2 Å². The summed E-state index contributed by atoms with van der Waals surface area (Å²) in [6, 6.07) is 13.4. The molecule has 7 nitrogen and oxygen atoms in total. The number of likely N-dealkylation sites (tertiary alicyclic amines) is 1. The van der Waals surface area contributed by atoms with Gasteiger partial charge in [0.25, 0.3) is 11.7 Å². The smallest absolute Gasteiger partial charge is 0.295 e. The number of ketones is 1. The molecule has 1 N–H and O–H groups in total. The zero-order valence-corrected chi connectivity index (χ0v) is 20.2. The van der Waals surface area contributed by atoms with Crippen molar-refractivity contribution in [2.45, 2.75) is 46.3 Å². The standard InChI is InChI=1S/C27H33NO6/c1-5-15-34-22-9-7-8-20(17-22)25(29)23-24(19-10-12-21(13-11-19)32-6-2)28(27(31)26(23)30)14-16-33-18(3)4/h7-13,17-18,24,29H,5-6,14-16H2,1-4H3/b25-23-. The Bertz CT molecular complexity index is 1030. The molecule has 2 aromatic rings. The van der Waals surface area contributed by atoms with Crippen LogP contribution in [0.3, 0.4) is 0 Å². The first-order valence-electron chi connectivity index (χ1n) is 11.7. The number of carbonyl (C=O) groups is 2. The Kier molecular flexibility index (Phi) is 8.71. The number of benzene rings is 2. The molecule has 0 radical (unpaired) electrons. The number of nitrogens with zero attached hydrogens (tertiary/aromatic N) is 1. The van der Waals surface area contributed by atoms with Crippen molar-refractivity contribution >= 4 is 17.4 Å². The SMILES string of the molecule is CCCOc1cccc(/C(O)=C2/C(=O)C(=O)N(CCOC(C)C)C2c2ccc(OCC)cc2)c1. The number of carbonyl (C=O) groups excluding carboxylic acids is 2. The van der Waals surface area contributed by atoms with Gasteiger partial charge in [0, 0.05) is 12.1 Å². The topological polar surface area (TPSA) is 85.3 Å². The lowest BCUT2D eigenvalue weighted by molar-refractivity contribution is -0.140. The normalized spacial score (nSPS) is 17.4. The van der Waals surface area contributed by atoms with Crippen molar-refractivity contribution in [3.05, 3.63) is 65.2 Å². The lowest BCUT2D eigenvalue weighted by Crippen LogP contribution is -2.33. The summed E-state index contributed by atoms with van der Waals surface area (Å²) in [5.41, 5.74) is 1.17. The van der Waals surface area contributed by atoms with Crippen molar-refractivity contribution < 1.29 is 28.9 Å². The predicted molar refractivity (Wildman–Crippen MR) is 130 cm³/mol. The van der Waals surface area contributed by atoms with E-state index in [9.17, 15) is 14.7 Å². The summed E-state index contributed by atoms with van der Waals surface area (Å²) in [6.45, 7) is 9.28. The van der Waals surface area contributed by atoms with Crippen molar-refractivity contribution in [2.24, 2.45) is 0 Å². The van der Waals surface area contributed by atoms with Crippen LogP contribution in [0.2, 0.25) is 0 Å². The maximum absolute atomic E-state index is 13.1. The van der Waals surface area contributed by atoms with E-state index in [-0.39, 0.29) is 30.6 Å². The number of ether oxygens (including phenoxy) is 3. The molecule has 0 saturated carbocycles. The molecule has 7 heteroatoms. The Hall–Kier alpha value is -3.32. The van der Waals surface area contributed by atoms with Gasteiger partial charge in [0.15, 0.2) is 0 Å². The van der Waals surface area contributed by atoms with Crippen LogP contribution in [0.15, 0.2) is 54.1 Å². The highest BCUT2D eigenvalue weighted by Crippen LogP contribution is 2.40. The quantitative estimate of drug-likeness (QED) is 0.292. The molecular formula is C27H33NO6. The number of hydrogen-bond donors (Lipinski definition) is 1. The predicted octanol–water partition coefficient (Wildman–Crippen LogP) is 4.72. The number of aliphatic hydroxyl groups is 1. The average molecular weight is 468 g/mol. The Morgan fingerprint density at radius 1 is 1.00 bits per heavy atom. The van der Waals surface area contributed by atoms with Crippen LogP contribution in [0, 0.1) is 0 Å². The van der Waals surface area contributed by atoms with Gasteiger partial charge in [-0.15, -0.1) is 0 Å². The van der Waals surface area contributed by atoms with Gasteiger partial charge in [-0.25, -0.2) is 0 Å². The molecule has 1 unspecified atom stereocenters. The maximum Gasteiger partial charge on any atom is 0.295 e. The minimum atomic E-state index is -0.744. The second kappa shape index (κ2) is 11.7. The molecule has 1 heterocycles. The molecule has 1 saturated heterocycles. The second-order valence-electron chi connectivity index (χ2n) is 8.29. The summed E-state index contributed by atoms with van der Waals surface area (Å²) in [7, 11) is 0. The Morgan fingerprint density at radius 2 is 1.74 bits per heavy atom. The van der Waals surface area contributed by atoms with E-state index in [1.54, 1.807) is 36.4 Å². The summed E-state index contributed by atoms with van der Waals surface area (Å²) in [5.74, 6) is -0.339. The Morgan fingerprint density at radius 3 is 2.38 bits per heavy atom. The van der Waals surface area contributed by atoms with Gasteiger partial charge in [0.05, 0.1) is 37.5 Å². The molecule has 1 fully saturated rings. The van der Waals surface area contributed by atoms with Gasteiger partial charge < -0.3 is 24.2 Å². The number of rotatable bonds is 11. The number of amides is 1. The highest BCUT2D eigenvalue weighted by molar-refractivity contribution is 6.46. The minimum absolute atomic E-state index is 0.00777. The fourth-order valence-corrected chi connectivity index (χ4v) is 3.87. The summed E-state index contributed by atoms with van der Waals surface area (Å²) in [5, 5.41) is 11.2. The zero-order chi connectivity index (χ0) is 24.7. The van der Waals surface area contributed by atoms with Gasteiger partial charge in [-0.2, -0.15) is 0 Å². The lowest BCUT2D eigenvalue weighted by Gasteiger charge is -2.26. The summed E-state index contributed by atoms with van der Waals surface area (Å²) >= 11 is 0. The minimum Gasteiger partial charge on any atom is -0.507 e. The van der Waals surface area contributed by atoms with Crippen molar-refractivity contribution in [2.75, 3.05) is 26.4 Å². The van der Waals surface area contributed by atoms with Gasteiger partial charge in [-0.05, 0) is 57.0 Å². The molecule has 182 valence electrons. The number of Topliss-reactive ketones (excluding diaryl/α,β-unsaturated/α-hetero) is 1. The average Bonchev–Trinajstić information content (AvgIpc) is 3.08. The third-order valence-corrected chi connectivity index (χ3v) is 5.41. The molecule has 1 amide bonds. The van der Waals surface area contributed by atoms with E-state index in [1.807, 2.05) is 39.8 Å². The van der Waals surface area contributed by atoms with Crippen LogP contribution in [0.25, 0.3) is 5.76 Å². The van der Waals surface area contributed by atoms with Gasteiger partial charge in [0.2, 0.25) is 0 Å². The van der Waals surface area contributed by atoms with Crippen LogP contribution in [-0.4, -0.2) is 54.2 Å². The largest absolute Gasteiger partial charge is 0.507 e. The first-order chi connectivity index (χ1) is 16.4. The van der Waals surface area contributed by atoms with Crippen LogP contribution in [0.5, 0.6) is 11.5 Å². The first kappa shape index (κ1) is 25.3. The summed E-state index contributed by atoms with van der Waals surface area (Å²) in [6.07, 6.45) is 0.837. The Labute approximate surface area is 200 Å². The van der Waals surface area contributed by atoms with Gasteiger partial charge >= 0.3 is 0 Å². The molecule has 1 aliphatic heterocycles. The molecule has 1 atom stereocenters. The third kappa shape index (κ3) is 5.78. The monoisotopic (exact) mass is 467 g/mol. The zero-order valence-electron chi connectivity index (χ0n) is 20.2. The molecule has 34 heavy (non-hydrogen) atoms. The van der Waals surface area contributed by atoms with Crippen molar-refractivity contribution in [1.82, 2.24) is 4.90 Å². The van der Waals surface area contributed by atoms with Gasteiger partial charge in [0.1, 0.15) is 17.3 Å². The Balaban J connectivity index is 2.05. The van der Waals surface area contributed by atoms with Gasteiger partial charge in [-0.3, -0.25) is 9.59 Å². The van der Waals surface area contributed by atoms with E-state index in [1.165, 1.54) is 4.90 Å². The first-order valence-corrected chi connectivity index (χ1v) is 11.7. The van der Waals surface area contributed by atoms with E-state index in [2.05, 4.69) is 0 Å². The summed E-state index contributed by atoms with van der Waals surface area (Å²) < 4.78 is 16.8. The molecule has 0 bridgehead atoms. The molecule has 0 aliphatic carbocycles. The highest BCUT2D eigenvalue weighted by Gasteiger charge is 2.45. The fourth-order valence-electron chi connectivity index (χ4n) is 3.87. The van der Waals surface area contributed by atoms with Crippen molar-refractivity contribution in [3.8, 4) is 11.5 Å². The van der Waals surface area contributed by atoms with Crippen LogP contribution < -0.4 is 9.47 Å².